The summed E-state index contributed by atoms with van der Waals surface area (Å²) in [5.41, 5.74) is 1.90. The summed E-state index contributed by atoms with van der Waals surface area (Å²) in [7, 11) is 2.05. The molecule has 25 heavy (non-hydrogen) atoms. The topological polar surface area (TPSA) is 51.0 Å². The van der Waals surface area contributed by atoms with Crippen molar-refractivity contribution in [1.82, 2.24) is 14.5 Å². The molecule has 3 aromatic rings. The van der Waals surface area contributed by atoms with Gasteiger partial charge in [0.2, 0.25) is 0 Å². The van der Waals surface area contributed by atoms with Gasteiger partial charge in [-0.2, -0.15) is 0 Å². The number of pyridine rings is 1. The lowest BCUT2D eigenvalue weighted by Gasteiger charge is -2.26. The zero-order valence-electron chi connectivity index (χ0n) is 14.4. The van der Waals surface area contributed by atoms with Gasteiger partial charge in [-0.25, -0.2) is 9.97 Å². The third-order valence-corrected chi connectivity index (χ3v) is 6.70. The molecule has 0 amide bonds. The second-order valence-electron chi connectivity index (χ2n) is 6.67. The van der Waals surface area contributed by atoms with Crippen LogP contribution in [0.15, 0.2) is 23.4 Å². The van der Waals surface area contributed by atoms with Gasteiger partial charge in [0.25, 0.3) is 5.56 Å². The average Bonchev–Trinajstić information content (AvgIpc) is 3.02. The first-order valence-corrected chi connectivity index (χ1v) is 9.99. The lowest BCUT2D eigenvalue weighted by atomic mass is 9.95. The molecule has 1 aliphatic rings. The number of halogens is 1. The number of rotatable bonds is 3. The molecule has 3 heterocycles. The van der Waals surface area contributed by atoms with Crippen LogP contribution in [0.3, 0.4) is 0 Å². The van der Waals surface area contributed by atoms with Gasteiger partial charge in [-0.3, -0.25) is 9.36 Å². The Labute approximate surface area is 155 Å². The van der Waals surface area contributed by atoms with E-state index in [2.05, 4.69) is 21.8 Å². The van der Waals surface area contributed by atoms with Gasteiger partial charge in [-0.05, 0) is 38.7 Å². The highest BCUT2D eigenvalue weighted by molar-refractivity contribution is 7.25. The highest BCUT2D eigenvalue weighted by Crippen LogP contribution is 2.36. The molecule has 0 bridgehead atoms. The van der Waals surface area contributed by atoms with Crippen LogP contribution >= 0.6 is 22.9 Å². The maximum Gasteiger partial charge on any atom is 0.271 e. The second-order valence-corrected chi connectivity index (χ2v) is 8.28. The van der Waals surface area contributed by atoms with E-state index in [1.807, 2.05) is 17.7 Å². The third kappa shape index (κ3) is 2.81. The molecule has 7 heteroatoms. The van der Waals surface area contributed by atoms with Crippen molar-refractivity contribution in [1.29, 1.82) is 0 Å². The van der Waals surface area contributed by atoms with Crippen molar-refractivity contribution in [3.63, 3.8) is 0 Å². The molecule has 0 atom stereocenters. The minimum atomic E-state index is 0.0520. The van der Waals surface area contributed by atoms with Gasteiger partial charge < -0.3 is 4.90 Å². The van der Waals surface area contributed by atoms with Gasteiger partial charge >= 0.3 is 0 Å². The number of thiophene rings is 1. The Bertz CT molecular complexity index is 974. The zero-order chi connectivity index (χ0) is 17.6. The van der Waals surface area contributed by atoms with Crippen LogP contribution < -0.4 is 10.5 Å². The predicted molar refractivity (Wildman–Crippen MR) is 105 cm³/mol. The minimum absolute atomic E-state index is 0.0520. The van der Waals surface area contributed by atoms with Crippen LogP contribution in [-0.2, 0) is 0 Å². The fourth-order valence-electron chi connectivity index (χ4n) is 3.61. The number of anilines is 1. The fraction of sp³-hybridized carbons (Fsp3) is 0.500. The van der Waals surface area contributed by atoms with Gasteiger partial charge in [0.1, 0.15) is 9.53 Å². The van der Waals surface area contributed by atoms with E-state index in [9.17, 15) is 4.79 Å². The molecule has 4 rings (SSSR count). The molecule has 3 aromatic heterocycles. The van der Waals surface area contributed by atoms with Crippen LogP contribution in [0.2, 0.25) is 0 Å². The van der Waals surface area contributed by atoms with Crippen molar-refractivity contribution in [2.45, 2.75) is 44.0 Å². The molecule has 1 fully saturated rings. The summed E-state index contributed by atoms with van der Waals surface area (Å²) in [4.78, 5) is 25.3. The van der Waals surface area contributed by atoms with E-state index in [1.54, 1.807) is 12.5 Å². The largest absolute Gasteiger partial charge is 0.374 e. The fourth-order valence-corrected chi connectivity index (χ4v) is 4.92. The Morgan fingerprint density at radius 2 is 2.08 bits per heavy atom. The molecular weight excluding hydrogens is 356 g/mol. The summed E-state index contributed by atoms with van der Waals surface area (Å²) in [6.45, 7) is 2.99. The molecule has 1 saturated carbocycles. The van der Waals surface area contributed by atoms with Crippen molar-refractivity contribution < 1.29 is 0 Å². The number of hydrogen-bond donors (Lipinski definition) is 0. The molecule has 1 aliphatic carbocycles. The summed E-state index contributed by atoms with van der Waals surface area (Å²) in [5, 5.41) is 1.23. The summed E-state index contributed by atoms with van der Waals surface area (Å²) < 4.78 is 2.51. The van der Waals surface area contributed by atoms with Gasteiger partial charge in [-0.1, -0.05) is 0 Å². The van der Waals surface area contributed by atoms with Gasteiger partial charge in [0.15, 0.2) is 0 Å². The monoisotopic (exact) mass is 376 g/mol. The first kappa shape index (κ1) is 16.8. The minimum Gasteiger partial charge on any atom is -0.374 e. The Hall–Kier alpha value is -1.66. The number of alkyl halides is 1. The van der Waals surface area contributed by atoms with Crippen molar-refractivity contribution in [2.75, 3.05) is 18.5 Å². The first-order chi connectivity index (χ1) is 12.1. The van der Waals surface area contributed by atoms with Crippen molar-refractivity contribution in [3.05, 3.63) is 28.9 Å². The molecule has 5 nitrogen and oxygen atoms in total. The highest BCUT2D eigenvalue weighted by atomic mass is 35.5. The van der Waals surface area contributed by atoms with Crippen molar-refractivity contribution in [2.24, 2.45) is 0 Å². The van der Waals surface area contributed by atoms with Crippen LogP contribution in [-0.4, -0.2) is 33.5 Å². The van der Waals surface area contributed by atoms with E-state index in [0.29, 0.717) is 4.70 Å². The first-order valence-electron chi connectivity index (χ1n) is 8.73. The van der Waals surface area contributed by atoms with Crippen LogP contribution in [0.1, 0.15) is 38.6 Å². The third-order valence-electron chi connectivity index (χ3n) is 5.19. The van der Waals surface area contributed by atoms with Crippen LogP contribution in [0, 0.1) is 0 Å². The average molecular weight is 377 g/mol. The van der Waals surface area contributed by atoms with E-state index >= 15 is 0 Å². The Balaban J connectivity index is 1.88. The molecule has 132 valence electrons. The lowest BCUT2D eigenvalue weighted by molar-refractivity contribution is 0.349. The number of hydrogen-bond acceptors (Lipinski definition) is 5. The zero-order valence-corrected chi connectivity index (χ0v) is 16.0. The van der Waals surface area contributed by atoms with Crippen LogP contribution in [0.25, 0.3) is 20.4 Å². The summed E-state index contributed by atoms with van der Waals surface area (Å²) in [5.74, 6) is 0. The normalized spacial score (nSPS) is 21.1. The molecular formula is C18H21ClN4OS. The number of nitrogens with zero attached hydrogens (tertiary/aromatic N) is 4. The molecule has 0 aromatic carbocycles. The highest BCUT2D eigenvalue weighted by Gasteiger charge is 2.24. The summed E-state index contributed by atoms with van der Waals surface area (Å²) in [6, 6.07) is 2.20. The molecule has 0 unspecified atom stereocenters. The van der Waals surface area contributed by atoms with E-state index in [-0.39, 0.29) is 17.0 Å². The van der Waals surface area contributed by atoms with E-state index in [1.165, 1.54) is 11.3 Å². The smallest absolute Gasteiger partial charge is 0.271 e. The molecule has 0 saturated heterocycles. The maximum absolute atomic E-state index is 13.1. The number of aromatic nitrogens is 3. The molecule has 0 radical (unpaired) electrons. The molecule has 0 aliphatic heterocycles. The Kier molecular flexibility index (Phi) is 4.41. The van der Waals surface area contributed by atoms with E-state index in [4.69, 9.17) is 11.6 Å². The predicted octanol–water partition coefficient (Wildman–Crippen LogP) is 4.18. The van der Waals surface area contributed by atoms with Crippen LogP contribution in [0.4, 0.5) is 5.69 Å². The van der Waals surface area contributed by atoms with Gasteiger partial charge in [0, 0.05) is 31.2 Å². The standard InChI is InChI=1S/C18H21ClN4OS/c1-3-22(2)13-8-9-20-17-14(13)15-16(25-17)18(24)23(10-21-15)12-6-4-11(19)5-7-12/h8-12H,3-7H2,1-2H3. The number of fused-ring (bicyclic) bond motifs is 3. The summed E-state index contributed by atoms with van der Waals surface area (Å²) >= 11 is 7.65. The second kappa shape index (κ2) is 6.57. The Morgan fingerprint density at radius 3 is 2.80 bits per heavy atom. The molecule has 0 spiro atoms. The van der Waals surface area contributed by atoms with Crippen molar-refractivity contribution >= 4 is 49.1 Å². The van der Waals surface area contributed by atoms with Crippen LogP contribution in [0.5, 0.6) is 0 Å². The summed E-state index contributed by atoms with van der Waals surface area (Å²) in [6.07, 6.45) is 7.31. The van der Waals surface area contributed by atoms with E-state index in [0.717, 1.165) is 53.6 Å². The lowest BCUT2D eigenvalue weighted by Crippen LogP contribution is -2.28. The van der Waals surface area contributed by atoms with Crippen molar-refractivity contribution in [3.8, 4) is 0 Å². The van der Waals surface area contributed by atoms with E-state index < -0.39 is 0 Å². The van der Waals surface area contributed by atoms with Gasteiger partial charge in [0.05, 0.1) is 22.9 Å². The Morgan fingerprint density at radius 1 is 1.32 bits per heavy atom. The SMILES string of the molecule is CCN(C)c1ccnc2sc3c(=O)n(C4CCC(Cl)CC4)cnc3c12. The molecule has 0 N–H and O–H groups in total. The quantitative estimate of drug-likeness (QED) is 0.643. The maximum atomic E-state index is 13.1. The van der Waals surface area contributed by atoms with Gasteiger partial charge in [-0.15, -0.1) is 22.9 Å².